The first kappa shape index (κ1) is 21.9. The van der Waals surface area contributed by atoms with E-state index >= 15 is 0 Å². The highest BCUT2D eigenvalue weighted by molar-refractivity contribution is 5.76. The van der Waals surface area contributed by atoms with Crippen molar-refractivity contribution in [2.24, 2.45) is 0 Å². The van der Waals surface area contributed by atoms with Gasteiger partial charge in [0.1, 0.15) is 17.4 Å². The second-order valence-corrected chi connectivity index (χ2v) is 8.76. The van der Waals surface area contributed by atoms with E-state index in [-0.39, 0.29) is 18.4 Å². The number of hydrogen-bond acceptors (Lipinski definition) is 3. The fourth-order valence-corrected chi connectivity index (χ4v) is 4.85. The molecule has 0 radical (unpaired) electrons. The van der Waals surface area contributed by atoms with Crippen molar-refractivity contribution < 1.29 is 13.6 Å². The molecule has 0 spiro atoms. The number of rotatable bonds is 4. The van der Waals surface area contributed by atoms with Gasteiger partial charge in [0.15, 0.2) is 0 Å². The monoisotopic (exact) mass is 481 g/mol. The van der Waals surface area contributed by atoms with Gasteiger partial charge in [0.2, 0.25) is 0 Å². The van der Waals surface area contributed by atoms with Crippen molar-refractivity contribution >= 4 is 6.03 Å². The molecule has 36 heavy (non-hydrogen) atoms. The number of nitrogens with one attached hydrogen (secondary N) is 1. The number of furan rings is 1. The van der Waals surface area contributed by atoms with Gasteiger partial charge in [-0.15, -0.1) is 0 Å². The SMILES string of the molecule is Cc1nn(-c2ccccc2)c2c1CN(C(=O)NCc1ccco1)[C@@H](c1cccc(F)c1)c1cccn1-2. The molecular formula is C28H24FN5O2. The summed E-state index contributed by atoms with van der Waals surface area (Å²) in [5, 5.41) is 7.81. The van der Waals surface area contributed by atoms with Crippen LogP contribution in [-0.2, 0) is 13.1 Å². The smallest absolute Gasteiger partial charge is 0.318 e. The molecule has 8 heteroatoms. The van der Waals surface area contributed by atoms with Crippen LogP contribution >= 0.6 is 0 Å². The van der Waals surface area contributed by atoms with Gasteiger partial charge in [-0.3, -0.25) is 0 Å². The van der Waals surface area contributed by atoms with Crippen molar-refractivity contribution in [2.45, 2.75) is 26.1 Å². The Morgan fingerprint density at radius 3 is 2.72 bits per heavy atom. The normalized spacial score (nSPS) is 14.7. The van der Waals surface area contributed by atoms with E-state index in [1.807, 2.05) is 72.4 Å². The lowest BCUT2D eigenvalue weighted by atomic mass is 10.0. The van der Waals surface area contributed by atoms with Gasteiger partial charge in [-0.2, -0.15) is 5.10 Å². The molecule has 4 heterocycles. The summed E-state index contributed by atoms with van der Waals surface area (Å²) in [5.74, 6) is 1.16. The van der Waals surface area contributed by atoms with Crippen LogP contribution < -0.4 is 5.32 Å². The molecule has 0 saturated heterocycles. The molecule has 0 aliphatic carbocycles. The standard InChI is InChI=1S/C28H24FN5O2/c1-19-24-18-33(28(35)30-17-23-12-7-15-36-23)26(20-8-5-9-21(29)16-20)25-13-6-14-32(25)27(24)34(31-19)22-10-3-2-4-11-22/h2-16,26H,17-18H2,1H3,(H,30,35)/t26-/m0/s1. The zero-order valence-corrected chi connectivity index (χ0v) is 19.6. The Hall–Kier alpha value is -4.59. The highest BCUT2D eigenvalue weighted by atomic mass is 19.1. The minimum Gasteiger partial charge on any atom is -0.467 e. The Morgan fingerprint density at radius 1 is 1.08 bits per heavy atom. The lowest BCUT2D eigenvalue weighted by Crippen LogP contribution is -2.41. The van der Waals surface area contributed by atoms with Crippen molar-refractivity contribution in [1.82, 2.24) is 24.6 Å². The van der Waals surface area contributed by atoms with E-state index in [4.69, 9.17) is 9.52 Å². The number of benzene rings is 2. The summed E-state index contributed by atoms with van der Waals surface area (Å²) in [6, 6.07) is 23.0. The van der Waals surface area contributed by atoms with Crippen molar-refractivity contribution in [3.8, 4) is 11.5 Å². The fraction of sp³-hybridized carbons (Fsp3) is 0.143. The maximum absolute atomic E-state index is 14.4. The van der Waals surface area contributed by atoms with E-state index in [0.717, 1.165) is 28.5 Å². The molecule has 1 N–H and O–H groups in total. The summed E-state index contributed by atoms with van der Waals surface area (Å²) >= 11 is 0. The molecule has 0 unspecified atom stereocenters. The number of para-hydroxylation sites is 1. The van der Waals surface area contributed by atoms with Crippen LogP contribution in [0.2, 0.25) is 0 Å². The molecule has 0 saturated carbocycles. The molecule has 2 aromatic carbocycles. The number of hydrogen-bond donors (Lipinski definition) is 1. The summed E-state index contributed by atoms with van der Waals surface area (Å²) in [5.41, 5.74) is 4.18. The third kappa shape index (κ3) is 3.76. The zero-order chi connectivity index (χ0) is 24.6. The van der Waals surface area contributed by atoms with E-state index in [1.54, 1.807) is 23.3 Å². The number of fused-ring (bicyclic) bond motifs is 3. The number of aromatic nitrogens is 3. The number of carbonyl (C=O) groups is 1. The Labute approximate surface area is 207 Å². The third-order valence-corrected chi connectivity index (χ3v) is 6.51. The summed E-state index contributed by atoms with van der Waals surface area (Å²) in [7, 11) is 0. The first-order chi connectivity index (χ1) is 17.6. The number of halogens is 1. The molecule has 7 nitrogen and oxygen atoms in total. The summed E-state index contributed by atoms with van der Waals surface area (Å²) in [6.45, 7) is 2.48. The number of urea groups is 1. The van der Waals surface area contributed by atoms with Gasteiger partial charge in [-0.1, -0.05) is 30.3 Å². The van der Waals surface area contributed by atoms with Gasteiger partial charge in [0.25, 0.3) is 0 Å². The highest BCUT2D eigenvalue weighted by Gasteiger charge is 2.36. The van der Waals surface area contributed by atoms with Crippen LogP contribution in [0.5, 0.6) is 0 Å². The number of amides is 2. The average Bonchev–Trinajstić information content (AvgIpc) is 3.63. The van der Waals surface area contributed by atoms with E-state index in [9.17, 15) is 9.18 Å². The second kappa shape index (κ2) is 8.88. The topological polar surface area (TPSA) is 68.2 Å². The Balaban J connectivity index is 1.51. The van der Waals surface area contributed by atoms with Crippen molar-refractivity contribution in [1.29, 1.82) is 0 Å². The largest absolute Gasteiger partial charge is 0.467 e. The van der Waals surface area contributed by atoms with Crippen LogP contribution in [-0.4, -0.2) is 25.3 Å². The van der Waals surface area contributed by atoms with Gasteiger partial charge in [0.05, 0.1) is 42.5 Å². The Bertz CT molecular complexity index is 1520. The van der Waals surface area contributed by atoms with Crippen molar-refractivity contribution in [3.05, 3.63) is 125 Å². The molecule has 0 fully saturated rings. The minimum atomic E-state index is -0.525. The van der Waals surface area contributed by atoms with E-state index < -0.39 is 6.04 Å². The number of nitrogens with zero attached hydrogens (tertiary/aromatic N) is 4. The molecule has 0 bridgehead atoms. The lowest BCUT2D eigenvalue weighted by molar-refractivity contribution is 0.179. The molecule has 3 aromatic heterocycles. The predicted molar refractivity (Wildman–Crippen MR) is 132 cm³/mol. The van der Waals surface area contributed by atoms with Gasteiger partial charge >= 0.3 is 6.03 Å². The second-order valence-electron chi connectivity index (χ2n) is 8.76. The molecular weight excluding hydrogens is 457 g/mol. The molecule has 5 aromatic rings. The van der Waals surface area contributed by atoms with Crippen LogP contribution in [0.25, 0.3) is 11.5 Å². The van der Waals surface area contributed by atoms with E-state index in [2.05, 4.69) is 9.88 Å². The summed E-state index contributed by atoms with van der Waals surface area (Å²) in [6.07, 6.45) is 3.54. The molecule has 1 aliphatic heterocycles. The first-order valence-corrected chi connectivity index (χ1v) is 11.7. The Morgan fingerprint density at radius 2 is 1.94 bits per heavy atom. The van der Waals surface area contributed by atoms with Crippen LogP contribution in [0.3, 0.4) is 0 Å². The van der Waals surface area contributed by atoms with Crippen LogP contribution in [0.1, 0.15) is 34.3 Å². The van der Waals surface area contributed by atoms with Gasteiger partial charge < -0.3 is 19.2 Å². The molecule has 6 rings (SSSR count). The minimum absolute atomic E-state index is 0.244. The number of aryl methyl sites for hydroxylation is 1. The van der Waals surface area contributed by atoms with Crippen LogP contribution in [0, 0.1) is 12.7 Å². The van der Waals surface area contributed by atoms with Gasteiger partial charge in [-0.05, 0) is 61.0 Å². The van der Waals surface area contributed by atoms with E-state index in [1.165, 1.54) is 12.1 Å². The maximum Gasteiger partial charge on any atom is 0.318 e. The lowest BCUT2D eigenvalue weighted by Gasteiger charge is -2.31. The van der Waals surface area contributed by atoms with Gasteiger partial charge in [0, 0.05) is 11.8 Å². The molecule has 1 atom stereocenters. The third-order valence-electron chi connectivity index (χ3n) is 6.51. The molecule has 1 aliphatic rings. The fourth-order valence-electron chi connectivity index (χ4n) is 4.85. The van der Waals surface area contributed by atoms with Crippen molar-refractivity contribution in [3.63, 3.8) is 0 Å². The van der Waals surface area contributed by atoms with Crippen LogP contribution in [0.4, 0.5) is 9.18 Å². The van der Waals surface area contributed by atoms with Crippen molar-refractivity contribution in [2.75, 3.05) is 0 Å². The predicted octanol–water partition coefficient (Wildman–Crippen LogP) is 5.52. The Kier molecular flexibility index (Phi) is 5.41. The molecule has 180 valence electrons. The number of carbonyl (C=O) groups excluding carboxylic acids is 1. The molecule has 2 amide bonds. The summed E-state index contributed by atoms with van der Waals surface area (Å²) in [4.78, 5) is 15.4. The van der Waals surface area contributed by atoms with Crippen LogP contribution in [0.15, 0.2) is 95.7 Å². The average molecular weight is 482 g/mol. The first-order valence-electron chi connectivity index (χ1n) is 11.7. The summed E-state index contributed by atoms with van der Waals surface area (Å²) < 4.78 is 23.7. The zero-order valence-electron chi connectivity index (χ0n) is 19.6. The van der Waals surface area contributed by atoms with E-state index in [0.29, 0.717) is 17.9 Å². The van der Waals surface area contributed by atoms with Gasteiger partial charge in [-0.25, -0.2) is 13.9 Å². The quantitative estimate of drug-likeness (QED) is 0.368. The highest BCUT2D eigenvalue weighted by Crippen LogP contribution is 2.38. The maximum atomic E-state index is 14.4.